The van der Waals surface area contributed by atoms with E-state index in [0.717, 1.165) is 35.5 Å². The first kappa shape index (κ1) is 25.0. The van der Waals surface area contributed by atoms with Crippen molar-refractivity contribution in [2.45, 2.75) is 90.9 Å². The second-order valence-electron chi connectivity index (χ2n) is 8.39. The Labute approximate surface area is 191 Å². The van der Waals surface area contributed by atoms with Crippen molar-refractivity contribution >= 4 is 12.2 Å². The predicted octanol–water partition coefficient (Wildman–Crippen LogP) is 10.2. The number of unbranched alkanes of at least 4 members (excludes halogenated alkanes) is 10. The molecule has 0 unspecified atom stereocenters. The first-order chi connectivity index (χ1) is 15.3. The van der Waals surface area contributed by atoms with Crippen LogP contribution in [0.1, 0.15) is 102 Å². The Morgan fingerprint density at radius 3 is 1.42 bits per heavy atom. The van der Waals surface area contributed by atoms with E-state index >= 15 is 0 Å². The lowest BCUT2D eigenvalue weighted by Crippen LogP contribution is -1.90. The molecule has 0 heterocycles. The van der Waals surface area contributed by atoms with Gasteiger partial charge in [0.15, 0.2) is 0 Å². The molecule has 0 N–H and O–H groups in total. The number of allylic oxidation sites excluding steroid dienone is 2. The van der Waals surface area contributed by atoms with Crippen LogP contribution in [0.15, 0.2) is 60.7 Å². The molecule has 168 valence electrons. The summed E-state index contributed by atoms with van der Waals surface area (Å²) in [5.41, 5.74) is 2.29. The Hall–Kier alpha value is -2.28. The summed E-state index contributed by atoms with van der Waals surface area (Å²) >= 11 is 0. The summed E-state index contributed by atoms with van der Waals surface area (Å²) in [6.45, 7) is 4.53. The standard InChI is InChI=1S/C30H42O/c1-3-5-7-9-11-13-15-21-27-23-17-19-25-29(27)31-30-26-20-18-24-28(30)22-16-14-12-10-8-6-4-2/h15-26H,3-14H2,1-2H3. The number of ether oxygens (including phenoxy) is 1. The van der Waals surface area contributed by atoms with E-state index in [1.165, 1.54) is 64.2 Å². The molecule has 0 amide bonds. The van der Waals surface area contributed by atoms with E-state index in [9.17, 15) is 0 Å². The Balaban J connectivity index is 1.92. The fourth-order valence-corrected chi connectivity index (χ4v) is 3.69. The van der Waals surface area contributed by atoms with E-state index in [2.05, 4.69) is 74.5 Å². The second-order valence-corrected chi connectivity index (χ2v) is 8.39. The van der Waals surface area contributed by atoms with E-state index < -0.39 is 0 Å². The molecule has 31 heavy (non-hydrogen) atoms. The normalized spacial score (nSPS) is 11.5. The third kappa shape index (κ3) is 10.5. The first-order valence-electron chi connectivity index (χ1n) is 12.5. The van der Waals surface area contributed by atoms with Gasteiger partial charge in [-0.25, -0.2) is 0 Å². The zero-order valence-electron chi connectivity index (χ0n) is 19.8. The lowest BCUT2D eigenvalue weighted by Gasteiger charge is -2.11. The van der Waals surface area contributed by atoms with E-state index in [4.69, 9.17) is 4.74 Å². The van der Waals surface area contributed by atoms with Gasteiger partial charge >= 0.3 is 0 Å². The molecule has 2 aromatic rings. The second kappa shape index (κ2) is 16.4. The van der Waals surface area contributed by atoms with Gasteiger partial charge in [0.25, 0.3) is 0 Å². The average molecular weight is 419 g/mol. The minimum atomic E-state index is 0.921. The van der Waals surface area contributed by atoms with Crippen LogP contribution >= 0.6 is 0 Å². The maximum atomic E-state index is 6.36. The zero-order chi connectivity index (χ0) is 22.0. The number of hydrogen-bond donors (Lipinski definition) is 0. The van der Waals surface area contributed by atoms with E-state index in [0.29, 0.717) is 0 Å². The van der Waals surface area contributed by atoms with Crippen molar-refractivity contribution in [2.24, 2.45) is 0 Å². The molecule has 1 heteroatoms. The number of benzene rings is 2. The van der Waals surface area contributed by atoms with Gasteiger partial charge in [-0.15, -0.1) is 0 Å². The first-order valence-corrected chi connectivity index (χ1v) is 12.5. The van der Waals surface area contributed by atoms with Crippen molar-refractivity contribution in [2.75, 3.05) is 0 Å². The predicted molar refractivity (Wildman–Crippen MR) is 138 cm³/mol. The fraction of sp³-hybridized carbons (Fsp3) is 0.467. The molecule has 2 aromatic carbocycles. The SMILES string of the molecule is CCCCCCCC=Cc1ccccc1Oc1ccccc1C=CCCCCCCC. The van der Waals surface area contributed by atoms with Crippen LogP contribution in [0.2, 0.25) is 0 Å². The van der Waals surface area contributed by atoms with Crippen molar-refractivity contribution in [3.05, 3.63) is 71.8 Å². The van der Waals surface area contributed by atoms with Crippen LogP contribution < -0.4 is 4.74 Å². The molecular weight excluding hydrogens is 376 g/mol. The Morgan fingerprint density at radius 1 is 0.548 bits per heavy atom. The van der Waals surface area contributed by atoms with Crippen LogP contribution in [-0.2, 0) is 0 Å². The molecule has 0 saturated carbocycles. The molecule has 0 aliphatic heterocycles. The minimum absolute atomic E-state index is 0.921. The van der Waals surface area contributed by atoms with Gasteiger partial charge < -0.3 is 4.74 Å². The lowest BCUT2D eigenvalue weighted by molar-refractivity contribution is 0.480. The summed E-state index contributed by atoms with van der Waals surface area (Å²) in [6, 6.07) is 16.7. The molecule has 0 aliphatic carbocycles. The summed E-state index contributed by atoms with van der Waals surface area (Å²) in [5.74, 6) is 1.84. The maximum Gasteiger partial charge on any atom is 0.134 e. The molecule has 0 aromatic heterocycles. The van der Waals surface area contributed by atoms with E-state index in [1.54, 1.807) is 0 Å². The highest BCUT2D eigenvalue weighted by Crippen LogP contribution is 2.30. The molecule has 0 radical (unpaired) electrons. The summed E-state index contributed by atoms with van der Waals surface area (Å²) in [6.07, 6.45) is 24.5. The third-order valence-corrected chi connectivity index (χ3v) is 5.60. The van der Waals surface area contributed by atoms with Crippen LogP contribution in [0.4, 0.5) is 0 Å². The summed E-state index contributed by atoms with van der Waals surface area (Å²) < 4.78 is 6.36. The monoisotopic (exact) mass is 418 g/mol. The molecule has 0 saturated heterocycles. The molecule has 0 fully saturated rings. The largest absolute Gasteiger partial charge is 0.456 e. The van der Waals surface area contributed by atoms with Gasteiger partial charge in [0.05, 0.1) is 0 Å². The van der Waals surface area contributed by atoms with Gasteiger partial charge in [0.2, 0.25) is 0 Å². The van der Waals surface area contributed by atoms with Crippen LogP contribution in [0.3, 0.4) is 0 Å². The van der Waals surface area contributed by atoms with Crippen LogP contribution in [0.25, 0.3) is 12.2 Å². The molecular formula is C30H42O. The molecule has 0 atom stereocenters. The highest BCUT2D eigenvalue weighted by molar-refractivity contribution is 5.61. The van der Waals surface area contributed by atoms with Crippen LogP contribution in [-0.4, -0.2) is 0 Å². The van der Waals surface area contributed by atoms with Gasteiger partial charge in [-0.2, -0.15) is 0 Å². The molecule has 0 aliphatic rings. The molecule has 0 spiro atoms. The summed E-state index contributed by atoms with van der Waals surface area (Å²) in [5, 5.41) is 0. The van der Waals surface area contributed by atoms with Crippen molar-refractivity contribution in [3.63, 3.8) is 0 Å². The van der Waals surface area contributed by atoms with Crippen molar-refractivity contribution in [3.8, 4) is 11.5 Å². The number of hydrogen-bond acceptors (Lipinski definition) is 1. The molecule has 1 nitrogen and oxygen atoms in total. The quantitative estimate of drug-likeness (QED) is 0.246. The van der Waals surface area contributed by atoms with Crippen molar-refractivity contribution < 1.29 is 4.74 Å². The van der Waals surface area contributed by atoms with Gasteiger partial charge in [-0.3, -0.25) is 0 Å². The summed E-state index contributed by atoms with van der Waals surface area (Å²) in [4.78, 5) is 0. The van der Waals surface area contributed by atoms with Crippen LogP contribution in [0.5, 0.6) is 11.5 Å². The van der Waals surface area contributed by atoms with Gasteiger partial charge in [0.1, 0.15) is 11.5 Å². The smallest absolute Gasteiger partial charge is 0.134 e. The third-order valence-electron chi connectivity index (χ3n) is 5.60. The Kier molecular flexibility index (Phi) is 13.2. The van der Waals surface area contributed by atoms with Crippen molar-refractivity contribution in [1.82, 2.24) is 0 Å². The van der Waals surface area contributed by atoms with E-state index in [1.807, 2.05) is 12.1 Å². The average Bonchev–Trinajstić information content (AvgIpc) is 2.80. The highest BCUT2D eigenvalue weighted by Gasteiger charge is 2.05. The maximum absolute atomic E-state index is 6.36. The van der Waals surface area contributed by atoms with Gasteiger partial charge in [-0.1, -0.05) is 126 Å². The Morgan fingerprint density at radius 2 is 0.968 bits per heavy atom. The molecule has 2 rings (SSSR count). The number of para-hydroxylation sites is 2. The zero-order valence-corrected chi connectivity index (χ0v) is 19.8. The fourth-order valence-electron chi connectivity index (χ4n) is 3.69. The highest BCUT2D eigenvalue weighted by atomic mass is 16.5. The lowest BCUT2D eigenvalue weighted by atomic mass is 10.1. The van der Waals surface area contributed by atoms with Crippen molar-refractivity contribution in [1.29, 1.82) is 0 Å². The minimum Gasteiger partial charge on any atom is -0.456 e. The van der Waals surface area contributed by atoms with E-state index in [-0.39, 0.29) is 0 Å². The van der Waals surface area contributed by atoms with Crippen LogP contribution in [0, 0.1) is 0 Å². The number of rotatable bonds is 16. The van der Waals surface area contributed by atoms with Gasteiger partial charge in [0, 0.05) is 11.1 Å². The Bertz CT molecular complexity index is 706. The molecule has 0 bridgehead atoms. The topological polar surface area (TPSA) is 9.23 Å². The summed E-state index contributed by atoms with van der Waals surface area (Å²) in [7, 11) is 0. The van der Waals surface area contributed by atoms with Gasteiger partial charge in [-0.05, 0) is 37.8 Å².